The van der Waals surface area contributed by atoms with Crippen molar-refractivity contribution in [3.8, 4) is 5.75 Å². The van der Waals surface area contributed by atoms with Crippen LogP contribution in [-0.2, 0) is 11.0 Å². The van der Waals surface area contributed by atoms with Crippen LogP contribution in [0.2, 0.25) is 0 Å². The van der Waals surface area contributed by atoms with Gasteiger partial charge >= 0.3 is 0 Å². The highest BCUT2D eigenvalue weighted by Crippen LogP contribution is 2.38. The van der Waals surface area contributed by atoms with Crippen molar-refractivity contribution < 1.29 is 9.53 Å². The molecule has 2 aromatic rings. The van der Waals surface area contributed by atoms with Crippen LogP contribution in [-0.4, -0.2) is 23.2 Å². The van der Waals surface area contributed by atoms with Gasteiger partial charge in [0.15, 0.2) is 0 Å². The summed E-state index contributed by atoms with van der Waals surface area (Å²) in [7, 11) is 1.66. The molecule has 1 saturated carbocycles. The highest BCUT2D eigenvalue weighted by Gasteiger charge is 2.36. The van der Waals surface area contributed by atoms with Crippen LogP contribution >= 0.6 is 0 Å². The summed E-state index contributed by atoms with van der Waals surface area (Å²) in [6.07, 6.45) is 5.33. The Morgan fingerprint density at radius 3 is 2.35 bits per heavy atom. The maximum atomic E-state index is 12.9. The van der Waals surface area contributed by atoms with Crippen LogP contribution in [0.25, 0.3) is 0 Å². The smallest absolute Gasteiger partial charge is 0.272 e. The summed E-state index contributed by atoms with van der Waals surface area (Å²) in [4.78, 5) is 12.9. The lowest BCUT2D eigenvalue weighted by Gasteiger charge is -2.38. The van der Waals surface area contributed by atoms with E-state index in [0.29, 0.717) is 5.69 Å². The lowest BCUT2D eigenvalue weighted by Crippen LogP contribution is -2.47. The van der Waals surface area contributed by atoms with Crippen molar-refractivity contribution in [2.75, 3.05) is 7.11 Å². The molecule has 0 saturated heterocycles. The largest absolute Gasteiger partial charge is 0.497 e. The first-order chi connectivity index (χ1) is 12.3. The first-order valence-corrected chi connectivity index (χ1v) is 9.37. The Balaban J connectivity index is 1.86. The molecule has 1 fully saturated rings. The van der Waals surface area contributed by atoms with E-state index in [0.717, 1.165) is 42.7 Å². The molecule has 1 amide bonds. The van der Waals surface area contributed by atoms with Gasteiger partial charge in [0.25, 0.3) is 5.91 Å². The average molecular weight is 355 g/mol. The van der Waals surface area contributed by atoms with Gasteiger partial charge in [0.1, 0.15) is 11.4 Å². The van der Waals surface area contributed by atoms with Crippen LogP contribution in [0.15, 0.2) is 30.3 Å². The molecule has 1 heterocycles. The lowest BCUT2D eigenvalue weighted by atomic mass is 9.76. The Bertz CT molecular complexity index is 750. The molecule has 5 heteroatoms. The van der Waals surface area contributed by atoms with E-state index in [4.69, 9.17) is 4.74 Å². The SMILES string of the molecule is COc1ccc(C2(NC(=O)c3cc(C(C)(C)C)[nH]n3)CCCCC2)cc1. The second kappa shape index (κ2) is 7.14. The predicted molar refractivity (Wildman–Crippen MR) is 103 cm³/mol. The molecule has 0 bridgehead atoms. The van der Waals surface area contributed by atoms with Gasteiger partial charge in [0, 0.05) is 11.1 Å². The van der Waals surface area contributed by atoms with Crippen LogP contribution in [0, 0.1) is 0 Å². The van der Waals surface area contributed by atoms with E-state index in [1.54, 1.807) is 7.11 Å². The van der Waals surface area contributed by atoms with Crippen molar-refractivity contribution in [3.05, 3.63) is 47.3 Å². The van der Waals surface area contributed by atoms with Crippen molar-refractivity contribution >= 4 is 5.91 Å². The van der Waals surface area contributed by atoms with Gasteiger partial charge in [-0.3, -0.25) is 9.89 Å². The van der Waals surface area contributed by atoms with Gasteiger partial charge in [0.2, 0.25) is 0 Å². The molecule has 140 valence electrons. The maximum absolute atomic E-state index is 12.9. The third kappa shape index (κ3) is 3.76. The summed E-state index contributed by atoms with van der Waals surface area (Å²) in [6.45, 7) is 6.30. The molecule has 26 heavy (non-hydrogen) atoms. The van der Waals surface area contributed by atoms with Gasteiger partial charge in [-0.1, -0.05) is 52.2 Å². The summed E-state index contributed by atoms with van der Waals surface area (Å²) >= 11 is 0. The quantitative estimate of drug-likeness (QED) is 0.859. The standard InChI is InChI=1S/C21H29N3O2/c1-20(2,3)18-14-17(23-24-18)19(25)22-21(12-6-5-7-13-21)15-8-10-16(26-4)11-9-15/h8-11,14H,5-7,12-13H2,1-4H3,(H,22,25)(H,23,24). The van der Waals surface area contributed by atoms with Gasteiger partial charge < -0.3 is 10.1 Å². The summed E-state index contributed by atoms with van der Waals surface area (Å²) in [5, 5.41) is 10.6. The number of aromatic amines is 1. The number of nitrogens with zero attached hydrogens (tertiary/aromatic N) is 1. The zero-order valence-corrected chi connectivity index (χ0v) is 16.2. The third-order valence-electron chi connectivity index (χ3n) is 5.32. The average Bonchev–Trinajstić information content (AvgIpc) is 3.13. The van der Waals surface area contributed by atoms with Crippen molar-refractivity contribution in [1.82, 2.24) is 15.5 Å². The van der Waals surface area contributed by atoms with Crippen molar-refractivity contribution in [1.29, 1.82) is 0 Å². The molecule has 1 aromatic carbocycles. The minimum Gasteiger partial charge on any atom is -0.497 e. The van der Waals surface area contributed by atoms with E-state index in [9.17, 15) is 4.79 Å². The van der Waals surface area contributed by atoms with E-state index in [1.165, 1.54) is 6.42 Å². The molecule has 5 nitrogen and oxygen atoms in total. The monoisotopic (exact) mass is 355 g/mol. The Morgan fingerprint density at radius 2 is 1.81 bits per heavy atom. The number of hydrogen-bond acceptors (Lipinski definition) is 3. The fourth-order valence-electron chi connectivity index (χ4n) is 3.65. The Hall–Kier alpha value is -2.30. The molecule has 0 spiro atoms. The predicted octanol–water partition coefficient (Wildman–Crippen LogP) is 4.31. The molecule has 3 rings (SSSR count). The number of methoxy groups -OCH3 is 1. The molecule has 0 unspecified atom stereocenters. The number of H-pyrrole nitrogens is 1. The molecule has 0 atom stereocenters. The number of carbonyl (C=O) groups is 1. The molecule has 0 radical (unpaired) electrons. The fraction of sp³-hybridized carbons (Fsp3) is 0.524. The molecule has 1 aliphatic rings. The first kappa shape index (κ1) is 18.5. The fourth-order valence-corrected chi connectivity index (χ4v) is 3.65. The van der Waals surface area contributed by atoms with Gasteiger partial charge in [-0.2, -0.15) is 5.10 Å². The number of aromatic nitrogens is 2. The van der Waals surface area contributed by atoms with Crippen LogP contribution in [0.3, 0.4) is 0 Å². The van der Waals surface area contributed by atoms with Crippen LogP contribution < -0.4 is 10.1 Å². The Kier molecular flexibility index (Phi) is 5.08. The highest BCUT2D eigenvalue weighted by molar-refractivity contribution is 5.93. The molecule has 1 aromatic heterocycles. The topological polar surface area (TPSA) is 67.0 Å². The van der Waals surface area contributed by atoms with E-state index in [1.807, 2.05) is 18.2 Å². The lowest BCUT2D eigenvalue weighted by molar-refractivity contribution is 0.0861. The van der Waals surface area contributed by atoms with Crippen LogP contribution in [0.5, 0.6) is 5.75 Å². The first-order valence-electron chi connectivity index (χ1n) is 9.37. The van der Waals surface area contributed by atoms with Crippen molar-refractivity contribution in [2.24, 2.45) is 0 Å². The second-order valence-electron chi connectivity index (χ2n) is 8.24. The minimum atomic E-state index is -0.331. The Labute approximate surface area is 155 Å². The number of hydrogen-bond donors (Lipinski definition) is 2. The summed E-state index contributed by atoms with van der Waals surface area (Å²) < 4.78 is 5.27. The molecular formula is C21H29N3O2. The van der Waals surface area contributed by atoms with Gasteiger partial charge in [-0.15, -0.1) is 0 Å². The number of benzene rings is 1. The number of ether oxygens (including phenoxy) is 1. The van der Waals surface area contributed by atoms with Crippen molar-refractivity contribution in [2.45, 2.75) is 63.8 Å². The molecule has 1 aliphatic carbocycles. The zero-order chi connectivity index (χ0) is 18.8. The minimum absolute atomic E-state index is 0.0654. The third-order valence-corrected chi connectivity index (χ3v) is 5.32. The number of nitrogens with one attached hydrogen (secondary N) is 2. The number of amides is 1. The van der Waals surface area contributed by atoms with Crippen LogP contribution in [0.1, 0.15) is 74.6 Å². The maximum Gasteiger partial charge on any atom is 0.272 e. The van der Waals surface area contributed by atoms with E-state index < -0.39 is 0 Å². The second-order valence-corrected chi connectivity index (χ2v) is 8.24. The highest BCUT2D eigenvalue weighted by atomic mass is 16.5. The van der Waals surface area contributed by atoms with Gasteiger partial charge in [0.05, 0.1) is 12.6 Å². The van der Waals surface area contributed by atoms with E-state index in [-0.39, 0.29) is 16.9 Å². The van der Waals surface area contributed by atoms with E-state index >= 15 is 0 Å². The van der Waals surface area contributed by atoms with Crippen LogP contribution in [0.4, 0.5) is 0 Å². The molecule has 2 N–H and O–H groups in total. The van der Waals surface area contributed by atoms with Gasteiger partial charge in [-0.25, -0.2) is 0 Å². The summed E-state index contributed by atoms with van der Waals surface area (Å²) in [5.74, 6) is 0.711. The zero-order valence-electron chi connectivity index (χ0n) is 16.2. The normalized spacial score (nSPS) is 16.9. The summed E-state index contributed by atoms with van der Waals surface area (Å²) in [5.41, 5.74) is 2.16. The molecule has 0 aliphatic heterocycles. The van der Waals surface area contributed by atoms with E-state index in [2.05, 4.69) is 48.4 Å². The van der Waals surface area contributed by atoms with Gasteiger partial charge in [-0.05, 0) is 36.6 Å². The summed E-state index contributed by atoms with van der Waals surface area (Å²) in [6, 6.07) is 9.92. The number of carbonyl (C=O) groups excluding carboxylic acids is 1. The molecular weight excluding hydrogens is 326 g/mol. The Morgan fingerprint density at radius 1 is 1.15 bits per heavy atom. The number of rotatable bonds is 4. The van der Waals surface area contributed by atoms with Crippen molar-refractivity contribution in [3.63, 3.8) is 0 Å².